The topological polar surface area (TPSA) is 46.5 Å². The Morgan fingerprint density at radius 3 is 2.29 bits per heavy atom. The number of benzene rings is 1. The molecule has 0 saturated heterocycles. The van der Waals surface area contributed by atoms with Crippen LogP contribution in [0.2, 0.25) is 0 Å². The highest BCUT2D eigenvalue weighted by Gasteiger charge is 2.67. The van der Waals surface area contributed by atoms with E-state index in [-0.39, 0.29) is 0 Å². The standard InChI is InChI=1S/C18H17F3O3/c19-18(20,21)15(23)24-12-8-16-5-3-9-1-2-10-4-6-17(12,7-11(16)22)14(10)13(9)16/h1-2,11-12,22H,3-8H2/t11-,12?,16-,17-/m0/s1. The van der Waals surface area contributed by atoms with Gasteiger partial charge in [-0.15, -0.1) is 0 Å². The number of aliphatic hydroxyl groups excluding tert-OH is 1. The zero-order chi connectivity index (χ0) is 16.9. The summed E-state index contributed by atoms with van der Waals surface area (Å²) in [6.07, 6.45) is -2.69. The van der Waals surface area contributed by atoms with E-state index in [1.807, 2.05) is 0 Å². The molecular weight excluding hydrogens is 321 g/mol. The van der Waals surface area contributed by atoms with Gasteiger partial charge in [0.1, 0.15) is 6.10 Å². The fraction of sp³-hybridized carbons (Fsp3) is 0.611. The third-order valence-electron chi connectivity index (χ3n) is 6.90. The van der Waals surface area contributed by atoms with Crippen molar-refractivity contribution in [3.05, 3.63) is 34.4 Å². The molecule has 1 fully saturated rings. The van der Waals surface area contributed by atoms with Gasteiger partial charge in [-0.05, 0) is 60.8 Å². The Kier molecular flexibility index (Phi) is 2.55. The second kappa shape index (κ2) is 4.15. The van der Waals surface area contributed by atoms with E-state index >= 15 is 0 Å². The van der Waals surface area contributed by atoms with Crippen molar-refractivity contribution >= 4 is 5.97 Å². The van der Waals surface area contributed by atoms with Crippen molar-refractivity contribution in [3.63, 3.8) is 0 Å². The molecule has 128 valence electrons. The molecule has 1 aromatic carbocycles. The summed E-state index contributed by atoms with van der Waals surface area (Å²) in [4.78, 5) is 11.5. The van der Waals surface area contributed by atoms with Crippen LogP contribution in [0.15, 0.2) is 12.1 Å². The minimum atomic E-state index is -4.98. The molecular formula is C18H17F3O3. The van der Waals surface area contributed by atoms with E-state index in [2.05, 4.69) is 12.1 Å². The first kappa shape index (κ1) is 14.8. The lowest BCUT2D eigenvalue weighted by Crippen LogP contribution is -2.62. The van der Waals surface area contributed by atoms with Gasteiger partial charge in [-0.3, -0.25) is 0 Å². The molecule has 3 nitrogen and oxygen atoms in total. The van der Waals surface area contributed by atoms with Crippen molar-refractivity contribution in [2.75, 3.05) is 0 Å². The molecule has 0 aliphatic heterocycles. The summed E-state index contributed by atoms with van der Waals surface area (Å²) < 4.78 is 43.2. The Morgan fingerprint density at radius 2 is 1.67 bits per heavy atom. The maximum Gasteiger partial charge on any atom is 0.490 e. The van der Waals surface area contributed by atoms with Crippen LogP contribution < -0.4 is 0 Å². The predicted molar refractivity (Wildman–Crippen MR) is 77.6 cm³/mol. The van der Waals surface area contributed by atoms with Gasteiger partial charge in [-0.1, -0.05) is 12.1 Å². The van der Waals surface area contributed by atoms with Gasteiger partial charge >= 0.3 is 12.1 Å². The number of fused-ring (bicyclic) bond motifs is 2. The summed E-state index contributed by atoms with van der Waals surface area (Å²) in [6.45, 7) is 0. The van der Waals surface area contributed by atoms with E-state index in [9.17, 15) is 23.1 Å². The molecule has 0 aromatic heterocycles. The lowest BCUT2D eigenvalue weighted by atomic mass is 9.49. The second-order valence-corrected chi connectivity index (χ2v) is 7.76. The third-order valence-corrected chi connectivity index (χ3v) is 6.90. The molecule has 6 rings (SSSR count). The second-order valence-electron chi connectivity index (χ2n) is 7.76. The van der Waals surface area contributed by atoms with Crippen LogP contribution >= 0.6 is 0 Å². The lowest BCUT2D eigenvalue weighted by molar-refractivity contribution is -0.215. The van der Waals surface area contributed by atoms with Crippen molar-refractivity contribution in [2.24, 2.45) is 0 Å². The SMILES string of the molecule is O=C(OC1C[C@]23CCc4ccc5c(c42)[C@@]1(CC5)C[C@@H]3O)C(F)(F)F. The number of carbonyl (C=O) groups is 1. The molecule has 0 radical (unpaired) electrons. The average Bonchev–Trinajstić information content (AvgIpc) is 3.05. The van der Waals surface area contributed by atoms with E-state index < -0.39 is 35.2 Å². The zero-order valence-corrected chi connectivity index (χ0v) is 12.9. The monoisotopic (exact) mass is 338 g/mol. The number of rotatable bonds is 1. The minimum absolute atomic E-state index is 0.305. The van der Waals surface area contributed by atoms with Crippen molar-refractivity contribution in [3.8, 4) is 0 Å². The molecule has 5 aliphatic carbocycles. The first-order valence-corrected chi connectivity index (χ1v) is 8.39. The van der Waals surface area contributed by atoms with E-state index in [1.165, 1.54) is 5.56 Å². The van der Waals surface area contributed by atoms with E-state index in [1.54, 1.807) is 0 Å². The first-order valence-electron chi connectivity index (χ1n) is 8.39. The number of esters is 1. The minimum Gasteiger partial charge on any atom is -0.455 e. The van der Waals surface area contributed by atoms with Gasteiger partial charge in [0.2, 0.25) is 0 Å². The highest BCUT2D eigenvalue weighted by Crippen LogP contribution is 2.66. The van der Waals surface area contributed by atoms with Crippen LogP contribution in [0.4, 0.5) is 13.2 Å². The van der Waals surface area contributed by atoms with Gasteiger partial charge in [-0.2, -0.15) is 13.2 Å². The Bertz CT molecular complexity index is 772. The molecule has 0 heterocycles. The Hall–Kier alpha value is -1.56. The number of aryl methyl sites for hydroxylation is 2. The molecule has 1 saturated carbocycles. The fourth-order valence-electron chi connectivity index (χ4n) is 5.96. The van der Waals surface area contributed by atoms with Crippen molar-refractivity contribution in [1.29, 1.82) is 0 Å². The van der Waals surface area contributed by atoms with Crippen LogP contribution in [0, 0.1) is 0 Å². The summed E-state index contributed by atoms with van der Waals surface area (Å²) >= 11 is 0. The van der Waals surface area contributed by atoms with Gasteiger partial charge in [0, 0.05) is 10.8 Å². The Balaban J connectivity index is 1.67. The largest absolute Gasteiger partial charge is 0.490 e. The summed E-state index contributed by atoms with van der Waals surface area (Å²) in [6, 6.07) is 4.17. The van der Waals surface area contributed by atoms with E-state index in [4.69, 9.17) is 4.74 Å². The summed E-state index contributed by atoms with van der Waals surface area (Å²) in [7, 11) is 0. The predicted octanol–water partition coefficient (Wildman–Crippen LogP) is 2.70. The average molecular weight is 338 g/mol. The first-order chi connectivity index (χ1) is 11.3. The number of hydrogen-bond acceptors (Lipinski definition) is 3. The molecule has 24 heavy (non-hydrogen) atoms. The number of aliphatic hydroxyl groups is 1. The third kappa shape index (κ3) is 1.51. The number of ether oxygens (including phenoxy) is 1. The van der Waals surface area contributed by atoms with E-state index in [0.29, 0.717) is 19.3 Å². The van der Waals surface area contributed by atoms with Crippen molar-refractivity contribution < 1.29 is 27.8 Å². The van der Waals surface area contributed by atoms with Crippen LogP contribution in [0.1, 0.15) is 47.9 Å². The van der Waals surface area contributed by atoms with Crippen LogP contribution in [-0.4, -0.2) is 29.5 Å². The molecule has 5 aliphatic rings. The van der Waals surface area contributed by atoms with Crippen molar-refractivity contribution in [1.82, 2.24) is 0 Å². The van der Waals surface area contributed by atoms with Gasteiger partial charge in [-0.25, -0.2) is 4.79 Å². The van der Waals surface area contributed by atoms with Crippen LogP contribution in [0.5, 0.6) is 0 Å². The maximum absolute atomic E-state index is 12.7. The molecule has 4 atom stereocenters. The highest BCUT2D eigenvalue weighted by molar-refractivity contribution is 5.76. The number of halogens is 3. The molecule has 6 heteroatoms. The Labute approximate surface area is 136 Å². The quantitative estimate of drug-likeness (QED) is 0.801. The molecule has 0 amide bonds. The lowest BCUT2D eigenvalue weighted by Gasteiger charge is -2.57. The van der Waals surface area contributed by atoms with Crippen LogP contribution in [0.3, 0.4) is 0 Å². The van der Waals surface area contributed by atoms with Gasteiger partial charge in [0.05, 0.1) is 6.10 Å². The number of carbonyl (C=O) groups excluding carboxylic acids is 1. The molecule has 1 unspecified atom stereocenters. The highest BCUT2D eigenvalue weighted by atomic mass is 19.4. The van der Waals surface area contributed by atoms with Crippen LogP contribution in [-0.2, 0) is 33.2 Å². The smallest absolute Gasteiger partial charge is 0.455 e. The van der Waals surface area contributed by atoms with Crippen molar-refractivity contribution in [2.45, 2.75) is 67.7 Å². The summed E-state index contributed by atoms with van der Waals surface area (Å²) in [5, 5.41) is 10.8. The summed E-state index contributed by atoms with van der Waals surface area (Å²) in [5.41, 5.74) is 3.43. The van der Waals surface area contributed by atoms with Gasteiger partial charge < -0.3 is 9.84 Å². The van der Waals surface area contributed by atoms with E-state index in [0.717, 1.165) is 36.0 Å². The number of hydrogen-bond donors (Lipinski definition) is 1. The zero-order valence-electron chi connectivity index (χ0n) is 12.9. The Morgan fingerprint density at radius 1 is 1.08 bits per heavy atom. The molecule has 1 aromatic rings. The molecule has 2 bridgehead atoms. The fourth-order valence-corrected chi connectivity index (χ4v) is 5.96. The molecule has 2 spiro atoms. The van der Waals surface area contributed by atoms with Gasteiger partial charge in [0.25, 0.3) is 0 Å². The maximum atomic E-state index is 12.7. The molecule has 1 N–H and O–H groups in total. The normalized spacial score (nSPS) is 38.3. The van der Waals surface area contributed by atoms with Crippen LogP contribution in [0.25, 0.3) is 0 Å². The van der Waals surface area contributed by atoms with Gasteiger partial charge in [0.15, 0.2) is 0 Å². The summed E-state index contributed by atoms with van der Waals surface area (Å²) in [5.74, 6) is -2.11. The number of alkyl halides is 3.